The molecule has 0 saturated carbocycles. The molecule has 2 aromatic heterocycles. The van der Waals surface area contributed by atoms with Gasteiger partial charge in [-0.3, -0.25) is 4.68 Å². The van der Waals surface area contributed by atoms with E-state index in [9.17, 15) is 4.79 Å². The highest BCUT2D eigenvalue weighted by molar-refractivity contribution is 7.20. The van der Waals surface area contributed by atoms with Crippen molar-refractivity contribution in [3.8, 4) is 0 Å². The summed E-state index contributed by atoms with van der Waals surface area (Å²) in [6.45, 7) is 7.34. The normalized spacial score (nSPS) is 11.6. The summed E-state index contributed by atoms with van der Waals surface area (Å²) in [5, 5.41) is 14.8. The first-order valence-corrected chi connectivity index (χ1v) is 7.57. The third-order valence-corrected chi connectivity index (χ3v) is 4.25. The number of nitrogens with zero attached hydrogens (tertiary/aromatic N) is 2. The summed E-state index contributed by atoms with van der Waals surface area (Å²) in [5.74, 6) is -0.230. The van der Waals surface area contributed by atoms with Gasteiger partial charge >= 0.3 is 5.97 Å². The molecule has 0 fully saturated rings. The quantitative estimate of drug-likeness (QED) is 0.875. The lowest BCUT2D eigenvalue weighted by Gasteiger charge is -2.05. The molecule has 0 aliphatic carbocycles. The number of carboxylic acids is 1. The van der Waals surface area contributed by atoms with Crippen molar-refractivity contribution in [2.24, 2.45) is 5.92 Å². The van der Waals surface area contributed by atoms with Crippen LogP contribution in [-0.4, -0.2) is 20.9 Å². The molecule has 5 heteroatoms. The number of thiophene rings is 1. The zero-order valence-corrected chi connectivity index (χ0v) is 12.5. The number of hydrogen-bond donors (Lipinski definition) is 1. The summed E-state index contributed by atoms with van der Waals surface area (Å²) >= 11 is 1.33. The molecule has 2 rings (SSSR count). The Morgan fingerprint density at radius 3 is 2.84 bits per heavy atom. The van der Waals surface area contributed by atoms with Crippen molar-refractivity contribution in [3.05, 3.63) is 16.6 Å². The summed E-state index contributed by atoms with van der Waals surface area (Å²) in [5.41, 5.74) is 1.03. The Morgan fingerprint density at radius 1 is 1.53 bits per heavy atom. The number of carbonyl (C=O) groups is 1. The van der Waals surface area contributed by atoms with Crippen molar-refractivity contribution in [1.82, 2.24) is 9.78 Å². The topological polar surface area (TPSA) is 55.1 Å². The molecule has 19 heavy (non-hydrogen) atoms. The number of hydrogen-bond acceptors (Lipinski definition) is 3. The smallest absolute Gasteiger partial charge is 0.345 e. The van der Waals surface area contributed by atoms with E-state index >= 15 is 0 Å². The summed E-state index contributed by atoms with van der Waals surface area (Å²) in [6, 6.07) is 1.77. The number of aromatic carboxylic acids is 1. The van der Waals surface area contributed by atoms with Crippen molar-refractivity contribution in [2.75, 3.05) is 0 Å². The summed E-state index contributed by atoms with van der Waals surface area (Å²) < 4.78 is 1.98. The first kappa shape index (κ1) is 14.1. The molecule has 2 heterocycles. The van der Waals surface area contributed by atoms with Gasteiger partial charge < -0.3 is 5.11 Å². The molecule has 0 saturated heterocycles. The molecule has 0 bridgehead atoms. The van der Waals surface area contributed by atoms with Gasteiger partial charge in [-0.05, 0) is 24.8 Å². The van der Waals surface area contributed by atoms with Crippen molar-refractivity contribution < 1.29 is 9.90 Å². The molecule has 0 aliphatic rings. The Morgan fingerprint density at radius 2 is 2.26 bits per heavy atom. The maximum Gasteiger partial charge on any atom is 0.345 e. The van der Waals surface area contributed by atoms with Crippen LogP contribution in [0.2, 0.25) is 0 Å². The van der Waals surface area contributed by atoms with Gasteiger partial charge in [0, 0.05) is 11.9 Å². The fourth-order valence-electron chi connectivity index (χ4n) is 2.08. The molecule has 0 atom stereocenters. The molecular formula is C14H20N2O2S. The number of rotatable bonds is 6. The van der Waals surface area contributed by atoms with E-state index in [2.05, 4.69) is 25.9 Å². The monoisotopic (exact) mass is 280 g/mol. The van der Waals surface area contributed by atoms with E-state index in [4.69, 9.17) is 5.11 Å². The Bertz CT molecular complexity index is 584. The Labute approximate surface area is 117 Å². The predicted molar refractivity (Wildman–Crippen MR) is 78.0 cm³/mol. The van der Waals surface area contributed by atoms with Gasteiger partial charge in [-0.2, -0.15) is 5.10 Å². The molecule has 0 amide bonds. The van der Waals surface area contributed by atoms with Crippen LogP contribution in [-0.2, 0) is 13.0 Å². The van der Waals surface area contributed by atoms with Crippen LogP contribution < -0.4 is 0 Å². The van der Waals surface area contributed by atoms with Gasteiger partial charge in [0.1, 0.15) is 9.71 Å². The van der Waals surface area contributed by atoms with E-state index in [1.807, 2.05) is 4.68 Å². The Hall–Kier alpha value is -1.36. The highest BCUT2D eigenvalue weighted by Crippen LogP contribution is 2.29. The highest BCUT2D eigenvalue weighted by atomic mass is 32.1. The van der Waals surface area contributed by atoms with Crippen LogP contribution in [0.5, 0.6) is 0 Å². The van der Waals surface area contributed by atoms with Gasteiger partial charge in [-0.1, -0.05) is 27.2 Å². The summed E-state index contributed by atoms with van der Waals surface area (Å²) in [6.07, 6.45) is 2.98. The SMILES string of the molecule is CCCc1nn(CCC(C)C)c2sc(C(=O)O)cc12. The van der Waals surface area contributed by atoms with Crippen molar-refractivity contribution in [3.63, 3.8) is 0 Å². The second-order valence-corrected chi connectivity index (χ2v) is 6.27. The lowest BCUT2D eigenvalue weighted by Crippen LogP contribution is -2.03. The molecule has 4 nitrogen and oxygen atoms in total. The van der Waals surface area contributed by atoms with Crippen LogP contribution in [0, 0.1) is 5.92 Å². The van der Waals surface area contributed by atoms with Crippen molar-refractivity contribution >= 4 is 27.5 Å². The maximum atomic E-state index is 11.1. The summed E-state index contributed by atoms with van der Waals surface area (Å²) in [7, 11) is 0. The lowest BCUT2D eigenvalue weighted by molar-refractivity contribution is 0.0702. The molecule has 0 radical (unpaired) electrons. The molecular weight excluding hydrogens is 260 g/mol. The van der Waals surface area contributed by atoms with Gasteiger partial charge in [-0.25, -0.2) is 4.79 Å². The molecule has 2 aromatic rings. The van der Waals surface area contributed by atoms with Crippen LogP contribution in [0.3, 0.4) is 0 Å². The van der Waals surface area contributed by atoms with E-state index in [1.54, 1.807) is 6.07 Å². The minimum Gasteiger partial charge on any atom is -0.477 e. The average Bonchev–Trinajstić information content (AvgIpc) is 2.88. The third kappa shape index (κ3) is 2.97. The van der Waals surface area contributed by atoms with E-state index in [-0.39, 0.29) is 0 Å². The fourth-order valence-corrected chi connectivity index (χ4v) is 3.08. The standard InChI is InChI=1S/C14H20N2O2S/c1-4-5-11-10-8-12(14(17)18)19-13(10)16(15-11)7-6-9(2)3/h8-9H,4-7H2,1-3H3,(H,17,18). The second-order valence-electron chi connectivity index (χ2n) is 5.24. The van der Waals surface area contributed by atoms with E-state index in [0.29, 0.717) is 10.8 Å². The maximum absolute atomic E-state index is 11.1. The summed E-state index contributed by atoms with van der Waals surface area (Å²) in [4.78, 5) is 12.5. The van der Waals surface area contributed by atoms with E-state index in [0.717, 1.165) is 41.7 Å². The molecule has 0 spiro atoms. The minimum atomic E-state index is -0.848. The molecule has 0 aromatic carbocycles. The Balaban J connectivity index is 2.41. The van der Waals surface area contributed by atoms with Crippen LogP contribution in [0.1, 0.15) is 49.0 Å². The van der Waals surface area contributed by atoms with Gasteiger partial charge in [-0.15, -0.1) is 11.3 Å². The van der Waals surface area contributed by atoms with Gasteiger partial charge in [0.2, 0.25) is 0 Å². The van der Waals surface area contributed by atoms with E-state index < -0.39 is 5.97 Å². The van der Waals surface area contributed by atoms with Crippen molar-refractivity contribution in [2.45, 2.75) is 46.6 Å². The first-order chi connectivity index (χ1) is 9.02. The minimum absolute atomic E-state index is 0.406. The largest absolute Gasteiger partial charge is 0.477 e. The fraction of sp³-hybridized carbons (Fsp3) is 0.571. The predicted octanol–water partition coefficient (Wildman–Crippen LogP) is 3.79. The molecule has 0 unspecified atom stereocenters. The highest BCUT2D eigenvalue weighted by Gasteiger charge is 2.17. The van der Waals surface area contributed by atoms with Crippen LogP contribution in [0.4, 0.5) is 0 Å². The zero-order chi connectivity index (χ0) is 14.0. The number of aryl methyl sites for hydroxylation is 2. The lowest BCUT2D eigenvalue weighted by atomic mass is 10.1. The third-order valence-electron chi connectivity index (χ3n) is 3.12. The molecule has 0 aliphatic heterocycles. The number of fused-ring (bicyclic) bond motifs is 1. The van der Waals surface area contributed by atoms with Crippen molar-refractivity contribution in [1.29, 1.82) is 0 Å². The molecule has 104 valence electrons. The zero-order valence-electron chi connectivity index (χ0n) is 11.6. The van der Waals surface area contributed by atoms with E-state index in [1.165, 1.54) is 11.3 Å². The van der Waals surface area contributed by atoms with Gasteiger partial charge in [0.15, 0.2) is 0 Å². The van der Waals surface area contributed by atoms with Crippen LogP contribution in [0.15, 0.2) is 6.07 Å². The molecule has 1 N–H and O–H groups in total. The number of carboxylic acid groups (broad SMARTS) is 1. The average molecular weight is 280 g/mol. The van der Waals surface area contributed by atoms with Gasteiger partial charge in [0.05, 0.1) is 5.69 Å². The van der Waals surface area contributed by atoms with Gasteiger partial charge in [0.25, 0.3) is 0 Å². The number of aromatic nitrogens is 2. The first-order valence-electron chi connectivity index (χ1n) is 6.75. The second kappa shape index (κ2) is 5.74. The van der Waals surface area contributed by atoms with Crippen LogP contribution >= 0.6 is 11.3 Å². The van der Waals surface area contributed by atoms with Crippen LogP contribution in [0.25, 0.3) is 10.2 Å². The Kier molecular flexibility index (Phi) is 4.24.